The number of carbonyl (C=O) groups excluding carboxylic acids is 1. The van der Waals surface area contributed by atoms with Crippen LogP contribution in [0, 0.1) is 5.41 Å². The molecule has 0 bridgehead atoms. The van der Waals surface area contributed by atoms with Crippen molar-refractivity contribution in [2.24, 2.45) is 11.1 Å². The largest absolute Gasteiger partial charge is 0.490 e. The van der Waals surface area contributed by atoms with Crippen LogP contribution in [0.5, 0.6) is 5.75 Å². The summed E-state index contributed by atoms with van der Waals surface area (Å²) in [4.78, 5) is 12.0. The number of ether oxygens (including phenoxy) is 1. The maximum absolute atomic E-state index is 12.0. The van der Waals surface area contributed by atoms with Crippen LogP contribution in [0.25, 0.3) is 0 Å². The minimum Gasteiger partial charge on any atom is -0.490 e. The number of amides is 1. The van der Waals surface area contributed by atoms with Gasteiger partial charge in [-0.25, -0.2) is 0 Å². The third kappa shape index (κ3) is 6.33. The van der Waals surface area contributed by atoms with Gasteiger partial charge in [0.25, 0.3) is 0 Å². The van der Waals surface area contributed by atoms with Gasteiger partial charge in [-0.3, -0.25) is 4.79 Å². The van der Waals surface area contributed by atoms with Crippen LogP contribution in [0.1, 0.15) is 58.4 Å². The number of carbonyl (C=O) groups is 1. The maximum Gasteiger partial charge on any atom is 0.237 e. The first-order valence-corrected chi connectivity index (χ1v) is 8.65. The third-order valence-corrected chi connectivity index (χ3v) is 4.46. The molecule has 0 saturated heterocycles. The third-order valence-electron chi connectivity index (χ3n) is 4.46. The summed E-state index contributed by atoms with van der Waals surface area (Å²) in [6.07, 6.45) is 6.53. The van der Waals surface area contributed by atoms with Crippen LogP contribution in [0.2, 0.25) is 0 Å². The van der Waals surface area contributed by atoms with Crippen molar-refractivity contribution in [2.45, 2.75) is 71.6 Å². The smallest absolute Gasteiger partial charge is 0.237 e. The van der Waals surface area contributed by atoms with E-state index in [1.807, 2.05) is 45.0 Å². The highest BCUT2D eigenvalue weighted by molar-refractivity contribution is 5.85. The summed E-state index contributed by atoms with van der Waals surface area (Å²) in [6.45, 7) is 6.39. The minimum absolute atomic E-state index is 0. The number of benzene rings is 1. The summed E-state index contributed by atoms with van der Waals surface area (Å²) in [6, 6.07) is 7.47. The fourth-order valence-corrected chi connectivity index (χ4v) is 2.75. The fourth-order valence-electron chi connectivity index (χ4n) is 2.75. The van der Waals surface area contributed by atoms with E-state index in [0.717, 1.165) is 24.2 Å². The molecule has 1 amide bonds. The zero-order valence-electron chi connectivity index (χ0n) is 15.0. The molecule has 1 aromatic carbocycles. The number of hydrogen-bond donors (Lipinski definition) is 2. The first-order valence-electron chi connectivity index (χ1n) is 8.65. The van der Waals surface area contributed by atoms with Crippen molar-refractivity contribution in [1.82, 2.24) is 5.32 Å². The van der Waals surface area contributed by atoms with Crippen LogP contribution in [0.4, 0.5) is 0 Å². The molecule has 1 fully saturated rings. The van der Waals surface area contributed by atoms with Gasteiger partial charge in [-0.05, 0) is 48.8 Å². The van der Waals surface area contributed by atoms with Crippen molar-refractivity contribution >= 4 is 18.3 Å². The van der Waals surface area contributed by atoms with Crippen LogP contribution >= 0.6 is 12.4 Å². The first kappa shape index (κ1) is 20.8. The highest BCUT2D eigenvalue weighted by Crippen LogP contribution is 2.23. The lowest BCUT2D eigenvalue weighted by molar-refractivity contribution is -0.124. The van der Waals surface area contributed by atoms with Gasteiger partial charge in [0.1, 0.15) is 5.75 Å². The average Bonchev–Trinajstić information content (AvgIpc) is 2.53. The van der Waals surface area contributed by atoms with E-state index in [1.54, 1.807) is 0 Å². The van der Waals surface area contributed by atoms with Crippen LogP contribution in [-0.4, -0.2) is 18.1 Å². The summed E-state index contributed by atoms with van der Waals surface area (Å²) in [7, 11) is 0. The Morgan fingerprint density at radius 3 is 2.33 bits per heavy atom. The Labute approximate surface area is 151 Å². The van der Waals surface area contributed by atoms with E-state index in [1.165, 1.54) is 19.3 Å². The van der Waals surface area contributed by atoms with Gasteiger partial charge in [-0.15, -0.1) is 12.4 Å². The zero-order valence-corrected chi connectivity index (χ0v) is 15.8. The zero-order chi connectivity index (χ0) is 16.9. The Morgan fingerprint density at radius 1 is 1.21 bits per heavy atom. The Hall–Kier alpha value is -1.26. The molecule has 0 aliphatic heterocycles. The molecule has 136 valence electrons. The average molecular weight is 355 g/mol. The van der Waals surface area contributed by atoms with Gasteiger partial charge in [0.05, 0.1) is 12.1 Å². The normalized spacial score (nSPS) is 16.8. The lowest BCUT2D eigenvalue weighted by atomic mass is 9.87. The Bertz CT molecular complexity index is 505. The predicted octanol–water partition coefficient (Wildman–Crippen LogP) is 3.81. The molecule has 0 unspecified atom stereocenters. The minimum atomic E-state index is -0.503. The number of halogens is 1. The van der Waals surface area contributed by atoms with Gasteiger partial charge in [-0.1, -0.05) is 39.3 Å². The van der Waals surface area contributed by atoms with Crippen molar-refractivity contribution in [3.05, 3.63) is 29.8 Å². The van der Waals surface area contributed by atoms with Crippen molar-refractivity contribution < 1.29 is 9.53 Å². The Morgan fingerprint density at radius 2 is 1.79 bits per heavy atom. The van der Waals surface area contributed by atoms with Crippen molar-refractivity contribution in [2.75, 3.05) is 0 Å². The maximum atomic E-state index is 12.0. The molecule has 1 atom stereocenters. The van der Waals surface area contributed by atoms with Gasteiger partial charge in [0.15, 0.2) is 0 Å². The molecule has 4 nitrogen and oxygen atoms in total. The first-order chi connectivity index (χ1) is 10.9. The quantitative estimate of drug-likeness (QED) is 0.845. The monoisotopic (exact) mass is 354 g/mol. The summed E-state index contributed by atoms with van der Waals surface area (Å²) >= 11 is 0. The second kappa shape index (κ2) is 9.28. The van der Waals surface area contributed by atoms with E-state index in [2.05, 4.69) is 5.32 Å². The summed E-state index contributed by atoms with van der Waals surface area (Å²) in [5.74, 6) is 0.804. The van der Waals surface area contributed by atoms with E-state index in [4.69, 9.17) is 10.5 Å². The molecule has 24 heavy (non-hydrogen) atoms. The van der Waals surface area contributed by atoms with Crippen LogP contribution in [0.15, 0.2) is 24.3 Å². The molecular formula is C19H31ClN2O2. The number of hydrogen-bond acceptors (Lipinski definition) is 3. The number of nitrogens with two attached hydrogens (primary N) is 1. The molecule has 5 heteroatoms. The molecule has 1 aromatic rings. The van der Waals surface area contributed by atoms with E-state index < -0.39 is 6.04 Å². The highest BCUT2D eigenvalue weighted by Gasteiger charge is 2.27. The summed E-state index contributed by atoms with van der Waals surface area (Å²) < 4.78 is 6.01. The molecule has 2 rings (SSSR count). The molecule has 0 heterocycles. The lowest BCUT2D eigenvalue weighted by Gasteiger charge is -2.25. The van der Waals surface area contributed by atoms with Gasteiger partial charge < -0.3 is 15.8 Å². The van der Waals surface area contributed by atoms with E-state index in [0.29, 0.717) is 12.6 Å². The Kier molecular flexibility index (Phi) is 8.04. The van der Waals surface area contributed by atoms with E-state index in [9.17, 15) is 4.79 Å². The highest BCUT2D eigenvalue weighted by atomic mass is 35.5. The van der Waals surface area contributed by atoms with E-state index in [-0.39, 0.29) is 23.7 Å². The number of nitrogens with one attached hydrogen (secondary N) is 1. The predicted molar refractivity (Wildman–Crippen MR) is 100 cm³/mol. The van der Waals surface area contributed by atoms with Gasteiger partial charge in [-0.2, -0.15) is 0 Å². The molecular weight excluding hydrogens is 324 g/mol. The molecule has 1 saturated carbocycles. The standard InChI is InChI=1S/C19H30N2O2.ClH/c1-19(2,3)17(20)18(22)21-13-14-9-11-16(12-10-14)23-15-7-5-4-6-8-15;/h9-12,15,17H,4-8,13,20H2,1-3H3,(H,21,22);1H/t17-;/m1./s1. The number of rotatable bonds is 5. The van der Waals surface area contributed by atoms with Gasteiger partial charge in [0, 0.05) is 6.54 Å². The molecule has 0 radical (unpaired) electrons. The molecule has 0 spiro atoms. The summed E-state index contributed by atoms with van der Waals surface area (Å²) in [5, 5.41) is 2.90. The van der Waals surface area contributed by atoms with Crippen molar-refractivity contribution in [1.29, 1.82) is 0 Å². The Balaban J connectivity index is 0.00000288. The fraction of sp³-hybridized carbons (Fsp3) is 0.632. The second-order valence-electron chi connectivity index (χ2n) is 7.58. The summed E-state index contributed by atoms with van der Waals surface area (Å²) in [5.41, 5.74) is 6.77. The van der Waals surface area contributed by atoms with Gasteiger partial charge >= 0.3 is 0 Å². The van der Waals surface area contributed by atoms with Crippen LogP contribution < -0.4 is 15.8 Å². The van der Waals surface area contributed by atoms with Crippen molar-refractivity contribution in [3.63, 3.8) is 0 Å². The second-order valence-corrected chi connectivity index (χ2v) is 7.58. The van der Waals surface area contributed by atoms with Crippen LogP contribution in [-0.2, 0) is 11.3 Å². The van der Waals surface area contributed by atoms with E-state index >= 15 is 0 Å². The molecule has 0 aromatic heterocycles. The van der Waals surface area contributed by atoms with Crippen LogP contribution in [0.3, 0.4) is 0 Å². The molecule has 3 N–H and O–H groups in total. The van der Waals surface area contributed by atoms with Gasteiger partial charge in [0.2, 0.25) is 5.91 Å². The topological polar surface area (TPSA) is 64.4 Å². The van der Waals surface area contributed by atoms with Crippen molar-refractivity contribution in [3.8, 4) is 5.75 Å². The molecule has 1 aliphatic rings. The lowest BCUT2D eigenvalue weighted by Crippen LogP contribution is -2.48. The SMILES string of the molecule is CC(C)(C)[C@H](N)C(=O)NCc1ccc(OC2CCCCC2)cc1.Cl. The molecule has 1 aliphatic carbocycles.